The lowest BCUT2D eigenvalue weighted by Gasteiger charge is -2.30. The number of anilines is 2. The fourth-order valence-corrected chi connectivity index (χ4v) is 8.86. The molecule has 18 heteroatoms. The third kappa shape index (κ3) is 7.69. The summed E-state index contributed by atoms with van der Waals surface area (Å²) in [6.07, 6.45) is 5.16. The van der Waals surface area contributed by atoms with E-state index in [1.165, 1.54) is 18.2 Å². The van der Waals surface area contributed by atoms with Crippen molar-refractivity contribution < 1.29 is 36.3 Å². The molecule has 16 nitrogen and oxygen atoms in total. The molecule has 51 heavy (non-hydrogen) atoms. The topological polar surface area (TPSA) is 200 Å². The summed E-state index contributed by atoms with van der Waals surface area (Å²) in [6, 6.07) is 11.1. The van der Waals surface area contributed by atoms with E-state index in [0.717, 1.165) is 42.3 Å². The van der Waals surface area contributed by atoms with E-state index in [1.807, 2.05) is 4.90 Å². The number of aliphatic hydroxyl groups is 1. The van der Waals surface area contributed by atoms with Crippen LogP contribution in [0.1, 0.15) is 51.7 Å². The molecule has 0 saturated carbocycles. The minimum absolute atomic E-state index is 0.0647. The third-order valence-electron chi connectivity index (χ3n) is 8.98. The van der Waals surface area contributed by atoms with E-state index in [-0.39, 0.29) is 42.8 Å². The molecule has 4 heterocycles. The summed E-state index contributed by atoms with van der Waals surface area (Å²) in [4.78, 5) is 21.6. The largest absolute Gasteiger partial charge is 0.394 e. The lowest BCUT2D eigenvalue weighted by atomic mass is 10.1. The van der Waals surface area contributed by atoms with Crippen LogP contribution in [0.4, 0.5) is 17.2 Å². The first-order valence-electron chi connectivity index (χ1n) is 16.8. The molecule has 6 rings (SSSR count). The van der Waals surface area contributed by atoms with Crippen LogP contribution >= 0.6 is 0 Å². The van der Waals surface area contributed by atoms with Gasteiger partial charge in [0.1, 0.15) is 11.5 Å². The molecule has 1 N–H and O–H groups in total. The zero-order valence-corrected chi connectivity index (χ0v) is 30.1. The second-order valence-electron chi connectivity index (χ2n) is 12.7. The maximum atomic E-state index is 14.5. The van der Waals surface area contributed by atoms with Crippen molar-refractivity contribution >= 4 is 48.0 Å². The quantitative estimate of drug-likeness (QED) is 0.0839. The number of para-hydroxylation sites is 1. The maximum absolute atomic E-state index is 14.5. The number of benzene rings is 2. The molecule has 0 bridgehead atoms. The number of hydrogen-bond acceptors (Lipinski definition) is 13. The fourth-order valence-electron chi connectivity index (χ4n) is 6.50. The Hall–Kier alpha value is -4.23. The molecule has 0 aliphatic carbocycles. The van der Waals surface area contributed by atoms with Gasteiger partial charge in [0.25, 0.3) is 15.7 Å². The van der Waals surface area contributed by atoms with Gasteiger partial charge in [-0.25, -0.2) is 31.5 Å². The van der Waals surface area contributed by atoms with Crippen LogP contribution in [0.3, 0.4) is 0 Å². The van der Waals surface area contributed by atoms with E-state index in [1.54, 1.807) is 35.9 Å². The lowest BCUT2D eigenvalue weighted by Crippen LogP contribution is -2.39. The number of nitro groups is 1. The molecule has 2 aliphatic rings. The first kappa shape index (κ1) is 36.6. The van der Waals surface area contributed by atoms with Gasteiger partial charge in [0, 0.05) is 56.1 Å². The molecule has 0 amide bonds. The molecule has 274 valence electrons. The number of ether oxygens (including phenoxy) is 2. The standard InChI is InChI=1S/C33H41N7O9S2/c1-23(14-19-48-20-17-41)39(51(46,47)29-10-4-3-9-28(29)40(42)43)24-12-13-27-25(21-24)32(36-38(27)31-11-5-8-18-49-31)26-22-30(37-15-6-7-16-37)35-33(34-26)50(2,44)45/h3-4,9-10,12-13,21-23,31,41H,5-8,11,14-20H2,1-2H3/t23-,31?/m0/s1. The number of sulfone groups is 1. The molecule has 0 spiro atoms. The van der Waals surface area contributed by atoms with E-state index in [2.05, 4.69) is 9.97 Å². The van der Waals surface area contributed by atoms with E-state index in [4.69, 9.17) is 14.6 Å². The monoisotopic (exact) mass is 743 g/mol. The van der Waals surface area contributed by atoms with Gasteiger partial charge in [-0.15, -0.1) is 0 Å². The average molecular weight is 744 g/mol. The minimum Gasteiger partial charge on any atom is -0.394 e. The smallest absolute Gasteiger partial charge is 0.289 e. The number of aliphatic hydroxyl groups excluding tert-OH is 1. The molecular weight excluding hydrogens is 703 g/mol. The zero-order valence-electron chi connectivity index (χ0n) is 28.4. The minimum atomic E-state index is -4.55. The summed E-state index contributed by atoms with van der Waals surface area (Å²) >= 11 is 0. The van der Waals surface area contributed by atoms with E-state index < -0.39 is 47.6 Å². The normalized spacial score (nSPS) is 17.5. The summed E-state index contributed by atoms with van der Waals surface area (Å²) in [7, 11) is -8.39. The molecule has 2 atom stereocenters. The van der Waals surface area contributed by atoms with Crippen LogP contribution in [0.2, 0.25) is 0 Å². The van der Waals surface area contributed by atoms with Crippen molar-refractivity contribution in [3.05, 3.63) is 58.6 Å². The number of fused-ring (bicyclic) bond motifs is 1. The third-order valence-corrected chi connectivity index (χ3v) is 11.8. The molecule has 0 radical (unpaired) electrons. The highest BCUT2D eigenvalue weighted by atomic mass is 32.2. The van der Waals surface area contributed by atoms with Crippen molar-refractivity contribution in [1.29, 1.82) is 0 Å². The number of rotatable bonds is 14. The SMILES string of the molecule is C[C@@H](CCOCCO)N(c1ccc2c(c1)c(-c1cc(N3CCCC3)nc(S(C)(=O)=O)n1)nn2C1CCCCO1)S(=O)(=O)c1ccccc1[N+](=O)[O-]. The van der Waals surface area contributed by atoms with Gasteiger partial charge in [-0.3, -0.25) is 14.4 Å². The summed E-state index contributed by atoms with van der Waals surface area (Å²) in [5, 5.41) is 26.2. The van der Waals surface area contributed by atoms with Crippen molar-refractivity contribution in [3.63, 3.8) is 0 Å². The van der Waals surface area contributed by atoms with Crippen molar-refractivity contribution in [2.45, 2.75) is 67.8 Å². The Morgan fingerprint density at radius 1 is 1.06 bits per heavy atom. The van der Waals surface area contributed by atoms with E-state index in [9.17, 15) is 32.1 Å². The summed E-state index contributed by atoms with van der Waals surface area (Å²) in [5.74, 6) is 0.447. The number of hydrogen-bond donors (Lipinski definition) is 1. The highest BCUT2D eigenvalue weighted by Gasteiger charge is 2.36. The zero-order chi connectivity index (χ0) is 36.3. The van der Waals surface area contributed by atoms with Crippen LogP contribution in [0.15, 0.2) is 58.6 Å². The molecule has 2 saturated heterocycles. The molecule has 2 aromatic carbocycles. The molecule has 2 aromatic heterocycles. The fraction of sp³-hybridized carbons (Fsp3) is 0.485. The first-order chi connectivity index (χ1) is 24.4. The Labute approximate surface area is 296 Å². The molecular formula is C33H41N7O9S2. The van der Waals surface area contributed by atoms with Crippen molar-refractivity contribution in [1.82, 2.24) is 19.7 Å². The Bertz CT molecular complexity index is 2110. The van der Waals surface area contributed by atoms with Crippen LogP contribution in [0, 0.1) is 10.1 Å². The highest BCUT2D eigenvalue weighted by molar-refractivity contribution is 7.93. The van der Waals surface area contributed by atoms with Crippen LogP contribution in [-0.2, 0) is 29.3 Å². The van der Waals surface area contributed by atoms with Gasteiger partial charge in [-0.05, 0) is 69.7 Å². The van der Waals surface area contributed by atoms with Crippen LogP contribution in [-0.4, -0.2) is 98.4 Å². The van der Waals surface area contributed by atoms with E-state index >= 15 is 0 Å². The Morgan fingerprint density at radius 2 is 1.82 bits per heavy atom. The van der Waals surface area contributed by atoms with Crippen LogP contribution in [0.5, 0.6) is 0 Å². The highest BCUT2D eigenvalue weighted by Crippen LogP contribution is 2.39. The predicted molar refractivity (Wildman–Crippen MR) is 189 cm³/mol. The Kier molecular flexibility index (Phi) is 10.9. The van der Waals surface area contributed by atoms with Gasteiger partial charge >= 0.3 is 0 Å². The molecule has 4 aromatic rings. The van der Waals surface area contributed by atoms with Crippen molar-refractivity contribution in [3.8, 4) is 11.4 Å². The molecule has 1 unspecified atom stereocenters. The van der Waals surface area contributed by atoms with Gasteiger partial charge in [0.15, 0.2) is 11.1 Å². The van der Waals surface area contributed by atoms with Crippen LogP contribution < -0.4 is 9.21 Å². The Morgan fingerprint density at radius 3 is 2.51 bits per heavy atom. The second kappa shape index (κ2) is 15.2. The van der Waals surface area contributed by atoms with E-state index in [0.29, 0.717) is 48.5 Å². The van der Waals surface area contributed by atoms with Gasteiger partial charge in [0.05, 0.1) is 35.0 Å². The predicted octanol–water partition coefficient (Wildman–Crippen LogP) is 4.09. The first-order valence-corrected chi connectivity index (χ1v) is 20.2. The van der Waals surface area contributed by atoms with Gasteiger partial charge in [-0.1, -0.05) is 12.1 Å². The molecule has 2 aliphatic heterocycles. The summed E-state index contributed by atoms with van der Waals surface area (Å²) in [6.45, 7) is 3.58. The Balaban J connectivity index is 1.56. The number of nitro benzene ring substituents is 1. The van der Waals surface area contributed by atoms with Gasteiger partial charge < -0.3 is 19.5 Å². The van der Waals surface area contributed by atoms with Crippen molar-refractivity contribution in [2.24, 2.45) is 0 Å². The molecule has 2 fully saturated rings. The number of nitrogens with zero attached hydrogens (tertiary/aromatic N) is 7. The summed E-state index contributed by atoms with van der Waals surface area (Å²) in [5.41, 5.74) is 0.764. The maximum Gasteiger partial charge on any atom is 0.289 e. The average Bonchev–Trinajstić information content (AvgIpc) is 3.79. The summed E-state index contributed by atoms with van der Waals surface area (Å²) < 4.78 is 69.0. The number of aromatic nitrogens is 4. The van der Waals surface area contributed by atoms with Gasteiger partial charge in [-0.2, -0.15) is 5.10 Å². The van der Waals surface area contributed by atoms with Crippen molar-refractivity contribution in [2.75, 3.05) is 55.0 Å². The number of sulfonamides is 1. The van der Waals surface area contributed by atoms with Crippen LogP contribution in [0.25, 0.3) is 22.3 Å². The van der Waals surface area contributed by atoms with Gasteiger partial charge in [0.2, 0.25) is 15.0 Å². The lowest BCUT2D eigenvalue weighted by molar-refractivity contribution is -0.387. The second-order valence-corrected chi connectivity index (χ2v) is 16.4.